The van der Waals surface area contributed by atoms with Crippen LogP contribution in [0.15, 0.2) is 48.6 Å². The number of carbonyl (C=O) groups is 2. The second-order valence-electron chi connectivity index (χ2n) is 16.6. The molecule has 0 aromatic rings. The number of rotatable bonds is 39. The summed E-state index contributed by atoms with van der Waals surface area (Å²) in [5.41, 5.74) is 0. The fourth-order valence-corrected chi connectivity index (χ4v) is 8.01. The molecule has 0 heterocycles. The van der Waals surface area contributed by atoms with E-state index in [0.717, 1.165) is 64.2 Å². The average Bonchev–Trinajstić information content (AvgIpc) is 3.25. The predicted molar refractivity (Wildman–Crippen MR) is 244 cm³/mol. The van der Waals surface area contributed by atoms with Crippen molar-refractivity contribution in [3.63, 3.8) is 0 Å². The molecule has 14 heteroatoms. The van der Waals surface area contributed by atoms with Gasteiger partial charge in [0.25, 0.3) is 0 Å². The second kappa shape index (κ2) is 38.1. The van der Waals surface area contributed by atoms with Crippen LogP contribution in [0.5, 0.6) is 0 Å². The maximum atomic E-state index is 12.8. The molecule has 6 N–H and O–H groups in total. The van der Waals surface area contributed by atoms with Crippen LogP contribution < -0.4 is 0 Å². The number of hydrogen-bond acceptors (Lipinski definition) is 12. The fraction of sp³-hybridized carbons (Fsp3) is 0.792. The van der Waals surface area contributed by atoms with E-state index in [0.29, 0.717) is 12.8 Å². The Morgan fingerprint density at radius 1 is 0.500 bits per heavy atom. The van der Waals surface area contributed by atoms with E-state index in [9.17, 15) is 44.6 Å². The van der Waals surface area contributed by atoms with E-state index >= 15 is 0 Å². The van der Waals surface area contributed by atoms with Crippen LogP contribution in [-0.2, 0) is 32.7 Å². The first-order valence-corrected chi connectivity index (χ1v) is 25.4. The van der Waals surface area contributed by atoms with Crippen LogP contribution in [0, 0.1) is 0 Å². The van der Waals surface area contributed by atoms with Gasteiger partial charge in [-0.3, -0.25) is 18.6 Å². The first kappa shape index (κ1) is 57.8. The van der Waals surface area contributed by atoms with Crippen LogP contribution in [0.4, 0.5) is 0 Å². The SMILES string of the molecule is CCCCC/C=C/C/C=C/C/C=C/C/C=C/CCCCCC(=O)O[C@H](COC(=O)CCCCCCCCCCCCCCCC)COP(=O)(O)OC1C(O)C(O)C(O)[C@H](O)C1O. The number of phosphoric acid groups is 1. The molecule has 1 rings (SSSR count). The maximum Gasteiger partial charge on any atom is 0.472 e. The summed E-state index contributed by atoms with van der Waals surface area (Å²) >= 11 is 0. The Labute approximate surface area is 373 Å². The van der Waals surface area contributed by atoms with Crippen molar-refractivity contribution in [1.82, 2.24) is 0 Å². The summed E-state index contributed by atoms with van der Waals surface area (Å²) in [5.74, 6) is -1.13. The van der Waals surface area contributed by atoms with E-state index in [1.54, 1.807) is 0 Å². The lowest BCUT2D eigenvalue weighted by molar-refractivity contribution is -0.220. The number of carbonyl (C=O) groups excluding carboxylic acids is 2. The van der Waals surface area contributed by atoms with Crippen LogP contribution in [0.3, 0.4) is 0 Å². The minimum atomic E-state index is -5.13. The molecule has 62 heavy (non-hydrogen) atoms. The minimum absolute atomic E-state index is 0.0595. The molecule has 1 saturated carbocycles. The predicted octanol–water partition coefficient (Wildman–Crippen LogP) is 9.56. The Balaban J connectivity index is 2.47. The highest BCUT2D eigenvalue weighted by atomic mass is 31.2. The number of unbranched alkanes of at least 4 members (excludes halogenated alkanes) is 19. The van der Waals surface area contributed by atoms with E-state index in [4.69, 9.17) is 18.5 Å². The first-order valence-electron chi connectivity index (χ1n) is 23.9. The van der Waals surface area contributed by atoms with E-state index in [-0.39, 0.29) is 12.8 Å². The van der Waals surface area contributed by atoms with Crippen molar-refractivity contribution in [2.75, 3.05) is 13.2 Å². The molecule has 6 unspecified atom stereocenters. The van der Waals surface area contributed by atoms with Gasteiger partial charge < -0.3 is 39.9 Å². The number of aliphatic hydroxyl groups is 5. The van der Waals surface area contributed by atoms with Crippen molar-refractivity contribution >= 4 is 19.8 Å². The Morgan fingerprint density at radius 3 is 1.35 bits per heavy atom. The van der Waals surface area contributed by atoms with Gasteiger partial charge in [-0.1, -0.05) is 165 Å². The van der Waals surface area contributed by atoms with Gasteiger partial charge >= 0.3 is 19.8 Å². The smallest absolute Gasteiger partial charge is 0.462 e. The lowest BCUT2D eigenvalue weighted by Crippen LogP contribution is -2.64. The lowest BCUT2D eigenvalue weighted by Gasteiger charge is -2.41. The zero-order valence-electron chi connectivity index (χ0n) is 38.2. The van der Waals surface area contributed by atoms with Crippen molar-refractivity contribution in [3.8, 4) is 0 Å². The highest BCUT2D eigenvalue weighted by molar-refractivity contribution is 7.47. The highest BCUT2D eigenvalue weighted by Gasteiger charge is 2.51. The van der Waals surface area contributed by atoms with Crippen LogP contribution in [0.25, 0.3) is 0 Å². The molecule has 0 bridgehead atoms. The average molecular weight is 901 g/mol. The Morgan fingerprint density at radius 2 is 0.871 bits per heavy atom. The molecule has 13 nitrogen and oxygen atoms in total. The van der Waals surface area contributed by atoms with E-state index in [1.807, 2.05) is 0 Å². The number of allylic oxidation sites excluding steroid dienone is 8. The van der Waals surface area contributed by atoms with Crippen molar-refractivity contribution in [2.45, 2.75) is 230 Å². The van der Waals surface area contributed by atoms with Crippen LogP contribution in [0.2, 0.25) is 0 Å². The van der Waals surface area contributed by atoms with Crippen LogP contribution in [0.1, 0.15) is 187 Å². The third-order valence-corrected chi connectivity index (χ3v) is 11.9. The molecule has 0 saturated heterocycles. The molecular formula is C48H85O13P. The molecule has 1 aliphatic carbocycles. The number of hydrogen-bond donors (Lipinski definition) is 6. The third-order valence-electron chi connectivity index (χ3n) is 10.9. The van der Waals surface area contributed by atoms with Crippen molar-refractivity contribution < 1.29 is 63.1 Å². The fourth-order valence-electron chi connectivity index (χ4n) is 7.04. The molecule has 0 amide bonds. The van der Waals surface area contributed by atoms with Crippen molar-refractivity contribution in [2.24, 2.45) is 0 Å². The second-order valence-corrected chi connectivity index (χ2v) is 18.0. The molecule has 8 atom stereocenters. The quantitative estimate of drug-likeness (QED) is 0.0147. The number of aliphatic hydroxyl groups excluding tert-OH is 5. The summed E-state index contributed by atoms with van der Waals surface area (Å²) in [6.45, 7) is 3.25. The molecule has 0 radical (unpaired) electrons. The number of esters is 2. The van der Waals surface area contributed by atoms with Crippen molar-refractivity contribution in [1.29, 1.82) is 0 Å². The standard InChI is InChI=1S/C48H85O13P/c1-3-5-7-9-11-13-15-17-19-20-21-22-23-25-27-29-31-33-35-37-42(50)60-40(39-59-62(56,57)61-48-46(54)44(52)43(51)45(53)47(48)55)38-58-41(49)36-34-32-30-28-26-24-18-16-14-12-10-8-6-4-2/h11,13,17,19,21-22,25,27,40,43-48,51-55H,3-10,12,14-16,18,20,23-24,26,28-39H2,1-2H3,(H,56,57)/b13-11+,19-17+,22-21+,27-25+/t40-,43?,44+,45?,46?,47?,48?/m1/s1. The van der Waals surface area contributed by atoms with Crippen LogP contribution in [-0.4, -0.2) is 98.3 Å². The lowest BCUT2D eigenvalue weighted by atomic mass is 9.85. The van der Waals surface area contributed by atoms with E-state index in [2.05, 4.69) is 62.5 Å². The molecule has 0 spiro atoms. The van der Waals surface area contributed by atoms with Gasteiger partial charge in [0, 0.05) is 12.8 Å². The van der Waals surface area contributed by atoms with Gasteiger partial charge in [-0.15, -0.1) is 0 Å². The summed E-state index contributed by atoms with van der Waals surface area (Å²) < 4.78 is 33.5. The molecular weight excluding hydrogens is 815 g/mol. The topological polar surface area (TPSA) is 210 Å². The minimum Gasteiger partial charge on any atom is -0.462 e. The largest absolute Gasteiger partial charge is 0.472 e. The van der Waals surface area contributed by atoms with Gasteiger partial charge in [0.15, 0.2) is 6.10 Å². The van der Waals surface area contributed by atoms with Gasteiger partial charge in [-0.25, -0.2) is 4.57 Å². The van der Waals surface area contributed by atoms with E-state index < -0.39 is 75.7 Å². The van der Waals surface area contributed by atoms with E-state index in [1.165, 1.54) is 83.5 Å². The summed E-state index contributed by atoms with van der Waals surface area (Å²) in [4.78, 5) is 35.7. The highest BCUT2D eigenvalue weighted by Crippen LogP contribution is 2.47. The number of ether oxygens (including phenoxy) is 2. The molecule has 1 fully saturated rings. The Kier molecular flexibility index (Phi) is 35.5. The Bertz CT molecular complexity index is 1270. The summed E-state index contributed by atoms with van der Waals surface area (Å²) in [7, 11) is -5.13. The summed E-state index contributed by atoms with van der Waals surface area (Å²) in [5, 5.41) is 50.2. The maximum absolute atomic E-state index is 12.8. The monoisotopic (exact) mass is 901 g/mol. The first-order chi connectivity index (χ1) is 29.9. The molecule has 360 valence electrons. The zero-order valence-corrected chi connectivity index (χ0v) is 39.0. The van der Waals surface area contributed by atoms with Crippen molar-refractivity contribution in [3.05, 3.63) is 48.6 Å². The molecule has 0 aromatic heterocycles. The molecule has 0 aromatic carbocycles. The third kappa shape index (κ3) is 30.0. The van der Waals surface area contributed by atoms with Gasteiger partial charge in [0.1, 0.15) is 43.2 Å². The van der Waals surface area contributed by atoms with Gasteiger partial charge in [-0.2, -0.15) is 0 Å². The number of phosphoric ester groups is 1. The van der Waals surface area contributed by atoms with Gasteiger partial charge in [0.2, 0.25) is 0 Å². The van der Waals surface area contributed by atoms with Gasteiger partial charge in [-0.05, 0) is 57.8 Å². The summed E-state index contributed by atoms with van der Waals surface area (Å²) in [6.07, 6.45) is 31.6. The Hall–Kier alpha value is -2.19. The molecule has 1 aliphatic rings. The van der Waals surface area contributed by atoms with Gasteiger partial charge in [0.05, 0.1) is 6.61 Å². The zero-order chi connectivity index (χ0) is 45.7. The summed E-state index contributed by atoms with van der Waals surface area (Å²) in [6, 6.07) is 0. The normalized spacial score (nSPS) is 22.3. The molecule has 0 aliphatic heterocycles. The van der Waals surface area contributed by atoms with Crippen LogP contribution >= 0.6 is 7.82 Å².